The van der Waals surface area contributed by atoms with Gasteiger partial charge in [-0.05, 0) is 24.6 Å². The summed E-state index contributed by atoms with van der Waals surface area (Å²) >= 11 is 0. The first-order chi connectivity index (χ1) is 9.65. The molecular weight excluding hydrogens is 258 g/mol. The number of benzene rings is 1. The van der Waals surface area contributed by atoms with E-state index in [-0.39, 0.29) is 12.7 Å². The molecule has 0 aliphatic carbocycles. The van der Waals surface area contributed by atoms with Crippen LogP contribution < -0.4 is 10.1 Å². The van der Waals surface area contributed by atoms with Crippen LogP contribution in [0.15, 0.2) is 24.3 Å². The zero-order valence-corrected chi connectivity index (χ0v) is 12.5. The van der Waals surface area contributed by atoms with Crippen molar-refractivity contribution in [1.29, 1.82) is 0 Å². The van der Waals surface area contributed by atoms with E-state index in [9.17, 15) is 5.11 Å². The van der Waals surface area contributed by atoms with E-state index in [4.69, 9.17) is 14.2 Å². The first-order valence-corrected chi connectivity index (χ1v) is 6.75. The van der Waals surface area contributed by atoms with E-state index in [2.05, 4.69) is 5.32 Å². The highest BCUT2D eigenvalue weighted by molar-refractivity contribution is 5.27. The Morgan fingerprint density at radius 3 is 2.65 bits per heavy atom. The van der Waals surface area contributed by atoms with E-state index in [1.165, 1.54) is 0 Å². The molecule has 0 aliphatic rings. The van der Waals surface area contributed by atoms with E-state index in [1.807, 2.05) is 31.2 Å². The zero-order chi connectivity index (χ0) is 14.8. The van der Waals surface area contributed by atoms with E-state index < -0.39 is 6.10 Å². The molecule has 2 unspecified atom stereocenters. The van der Waals surface area contributed by atoms with Crippen LogP contribution in [0.2, 0.25) is 0 Å². The van der Waals surface area contributed by atoms with Gasteiger partial charge >= 0.3 is 0 Å². The van der Waals surface area contributed by atoms with Crippen molar-refractivity contribution in [2.75, 3.05) is 40.5 Å². The van der Waals surface area contributed by atoms with Crippen molar-refractivity contribution in [2.45, 2.75) is 19.1 Å². The number of aliphatic hydroxyl groups is 1. The molecule has 0 saturated heterocycles. The van der Waals surface area contributed by atoms with Crippen LogP contribution in [0.25, 0.3) is 0 Å². The quantitative estimate of drug-likeness (QED) is 0.670. The second-order valence-electron chi connectivity index (χ2n) is 4.75. The summed E-state index contributed by atoms with van der Waals surface area (Å²) in [6.45, 7) is 3.88. The molecule has 5 heteroatoms. The van der Waals surface area contributed by atoms with Gasteiger partial charge in [0.2, 0.25) is 0 Å². The third kappa shape index (κ3) is 6.86. The number of aliphatic hydroxyl groups excluding tert-OH is 1. The lowest BCUT2D eigenvalue weighted by Crippen LogP contribution is -2.38. The molecule has 0 aromatic heterocycles. The van der Waals surface area contributed by atoms with Gasteiger partial charge in [-0.25, -0.2) is 0 Å². The minimum Gasteiger partial charge on any atom is -0.491 e. The maximum Gasteiger partial charge on any atom is 0.119 e. The third-order valence-corrected chi connectivity index (χ3v) is 2.87. The Balaban J connectivity index is 2.18. The van der Waals surface area contributed by atoms with E-state index in [1.54, 1.807) is 14.2 Å². The maximum atomic E-state index is 9.84. The second kappa shape index (κ2) is 9.72. The lowest BCUT2D eigenvalue weighted by molar-refractivity contribution is 0.0257. The van der Waals surface area contributed by atoms with Crippen molar-refractivity contribution in [1.82, 2.24) is 5.32 Å². The molecule has 2 N–H and O–H groups in total. The normalized spacial score (nSPS) is 14.0. The smallest absolute Gasteiger partial charge is 0.119 e. The molecule has 0 bridgehead atoms. The van der Waals surface area contributed by atoms with Gasteiger partial charge in [-0.1, -0.05) is 12.1 Å². The number of ether oxygens (including phenoxy) is 3. The molecule has 1 aromatic carbocycles. The van der Waals surface area contributed by atoms with Gasteiger partial charge in [0.05, 0.1) is 12.7 Å². The van der Waals surface area contributed by atoms with E-state index in [0.717, 1.165) is 11.3 Å². The fourth-order valence-corrected chi connectivity index (χ4v) is 1.76. The summed E-state index contributed by atoms with van der Waals surface area (Å²) < 4.78 is 15.8. The van der Waals surface area contributed by atoms with Crippen LogP contribution in [0.3, 0.4) is 0 Å². The van der Waals surface area contributed by atoms with Gasteiger partial charge in [0.15, 0.2) is 0 Å². The van der Waals surface area contributed by atoms with Crippen molar-refractivity contribution in [3.05, 3.63) is 29.8 Å². The molecule has 0 aliphatic heterocycles. The third-order valence-electron chi connectivity index (χ3n) is 2.87. The van der Waals surface area contributed by atoms with Gasteiger partial charge in [-0.15, -0.1) is 0 Å². The van der Waals surface area contributed by atoms with Crippen LogP contribution >= 0.6 is 0 Å². The molecule has 2 atom stereocenters. The van der Waals surface area contributed by atoms with Crippen molar-refractivity contribution >= 4 is 0 Å². The largest absolute Gasteiger partial charge is 0.491 e. The second-order valence-corrected chi connectivity index (χ2v) is 4.75. The molecular formula is C15H25NO4. The van der Waals surface area contributed by atoms with Crippen LogP contribution in [0.4, 0.5) is 0 Å². The average Bonchev–Trinajstić information content (AvgIpc) is 2.44. The Morgan fingerprint density at radius 1 is 1.20 bits per heavy atom. The topological polar surface area (TPSA) is 60.0 Å². The Hall–Kier alpha value is -1.14. The van der Waals surface area contributed by atoms with Crippen LogP contribution in [0.5, 0.6) is 5.75 Å². The van der Waals surface area contributed by atoms with Crippen LogP contribution in [0.1, 0.15) is 5.56 Å². The van der Waals surface area contributed by atoms with Gasteiger partial charge in [-0.3, -0.25) is 0 Å². The maximum absolute atomic E-state index is 9.84. The van der Waals surface area contributed by atoms with Crippen LogP contribution in [-0.2, 0) is 9.47 Å². The summed E-state index contributed by atoms with van der Waals surface area (Å²) in [4.78, 5) is 0. The SMILES string of the molecule is COCC(CNCC(O)COc1cccc(C)c1)OC. The number of hydrogen-bond donors (Lipinski definition) is 2. The van der Waals surface area contributed by atoms with Crippen molar-refractivity contribution in [3.63, 3.8) is 0 Å². The van der Waals surface area contributed by atoms with Crippen molar-refractivity contribution in [2.24, 2.45) is 0 Å². The first-order valence-electron chi connectivity index (χ1n) is 6.75. The molecule has 0 fully saturated rings. The molecule has 0 spiro atoms. The molecule has 0 saturated carbocycles. The molecule has 0 amide bonds. The number of hydrogen-bond acceptors (Lipinski definition) is 5. The molecule has 0 heterocycles. The molecule has 1 rings (SSSR count). The highest BCUT2D eigenvalue weighted by atomic mass is 16.5. The molecule has 0 radical (unpaired) electrons. The van der Waals surface area contributed by atoms with Gasteiger partial charge < -0.3 is 24.6 Å². The minimum absolute atomic E-state index is 0.00936. The Kier molecular flexibility index (Phi) is 8.22. The van der Waals surface area contributed by atoms with Gasteiger partial charge in [-0.2, -0.15) is 0 Å². The summed E-state index contributed by atoms with van der Waals surface area (Å²) in [6.07, 6.45) is -0.569. The van der Waals surface area contributed by atoms with E-state index >= 15 is 0 Å². The number of nitrogens with one attached hydrogen (secondary N) is 1. The minimum atomic E-state index is -0.560. The fraction of sp³-hybridized carbons (Fsp3) is 0.600. The molecule has 114 valence electrons. The summed E-state index contributed by atoms with van der Waals surface area (Å²) in [5, 5.41) is 13.0. The Labute approximate surface area is 120 Å². The van der Waals surface area contributed by atoms with Crippen molar-refractivity contribution < 1.29 is 19.3 Å². The molecule has 1 aromatic rings. The summed E-state index contributed by atoms with van der Waals surface area (Å²) in [5.74, 6) is 0.776. The van der Waals surface area contributed by atoms with Crippen molar-refractivity contribution in [3.8, 4) is 5.75 Å². The highest BCUT2D eigenvalue weighted by Gasteiger charge is 2.09. The number of rotatable bonds is 10. The highest BCUT2D eigenvalue weighted by Crippen LogP contribution is 2.12. The predicted molar refractivity (Wildman–Crippen MR) is 78.2 cm³/mol. The first kappa shape index (κ1) is 16.9. The Bertz CT molecular complexity index is 373. The predicted octanol–water partition coefficient (Wildman–Crippen LogP) is 0.986. The lowest BCUT2D eigenvalue weighted by Gasteiger charge is -2.17. The van der Waals surface area contributed by atoms with Gasteiger partial charge in [0.25, 0.3) is 0 Å². The monoisotopic (exact) mass is 283 g/mol. The van der Waals surface area contributed by atoms with Gasteiger partial charge in [0.1, 0.15) is 18.5 Å². The number of aryl methyl sites for hydroxylation is 1. The summed E-state index contributed by atoms with van der Waals surface area (Å²) in [5.41, 5.74) is 1.14. The summed E-state index contributed by atoms with van der Waals surface area (Å²) in [6, 6.07) is 7.77. The van der Waals surface area contributed by atoms with Gasteiger partial charge in [0, 0.05) is 27.3 Å². The molecule has 5 nitrogen and oxygen atoms in total. The molecule has 20 heavy (non-hydrogen) atoms. The average molecular weight is 283 g/mol. The fourth-order valence-electron chi connectivity index (χ4n) is 1.76. The van der Waals surface area contributed by atoms with Crippen LogP contribution in [-0.4, -0.2) is 57.8 Å². The van der Waals surface area contributed by atoms with Crippen LogP contribution in [0, 0.1) is 6.92 Å². The standard InChI is InChI=1S/C15H25NO4/c1-12-5-4-6-14(7-12)20-10-13(17)8-16-9-15(19-3)11-18-2/h4-7,13,15-17H,8-11H2,1-3H3. The Morgan fingerprint density at radius 2 is 2.00 bits per heavy atom. The zero-order valence-electron chi connectivity index (χ0n) is 12.5. The number of methoxy groups -OCH3 is 2. The van der Waals surface area contributed by atoms with E-state index in [0.29, 0.717) is 19.7 Å². The summed E-state index contributed by atoms with van der Waals surface area (Å²) in [7, 11) is 3.28. The lowest BCUT2D eigenvalue weighted by atomic mass is 10.2.